The van der Waals surface area contributed by atoms with E-state index in [4.69, 9.17) is 9.47 Å². The second kappa shape index (κ2) is 4.88. The zero-order valence-corrected chi connectivity index (χ0v) is 9.37. The highest BCUT2D eigenvalue weighted by atomic mass is 19.4. The van der Waals surface area contributed by atoms with Crippen LogP contribution in [0.25, 0.3) is 0 Å². The number of hydrogen-bond donors (Lipinski definition) is 0. The molecule has 0 saturated heterocycles. The number of Topliss-reactive ketones (excluding diaryl/α,β-unsaturated/α-hetero) is 1. The van der Waals surface area contributed by atoms with E-state index in [0.717, 1.165) is 0 Å². The molecule has 0 saturated carbocycles. The van der Waals surface area contributed by atoms with Gasteiger partial charge < -0.3 is 9.47 Å². The van der Waals surface area contributed by atoms with Crippen LogP contribution >= 0.6 is 0 Å². The number of benzene rings is 1. The van der Waals surface area contributed by atoms with Crippen LogP contribution in [-0.4, -0.2) is 24.7 Å². The fourth-order valence-electron chi connectivity index (χ4n) is 1.60. The minimum absolute atomic E-state index is 0.0479. The molecule has 6 heteroatoms. The Kier molecular flexibility index (Phi) is 3.45. The molecule has 0 aliphatic carbocycles. The summed E-state index contributed by atoms with van der Waals surface area (Å²) >= 11 is 0. The Morgan fingerprint density at radius 1 is 1.28 bits per heavy atom. The predicted molar refractivity (Wildman–Crippen MR) is 56.6 cm³/mol. The summed E-state index contributed by atoms with van der Waals surface area (Å²) < 4.78 is 46.6. The summed E-state index contributed by atoms with van der Waals surface area (Å²) in [6.07, 6.45) is -7.00. The normalized spacial score (nSPS) is 18.5. The third kappa shape index (κ3) is 3.15. The summed E-state index contributed by atoms with van der Waals surface area (Å²) in [5.74, 6) is 0.285. The molecule has 98 valence electrons. The molecule has 1 aromatic rings. The standard InChI is InChI=1S/C12H11F3O3/c13-12(14,15)6-5-8(16)11-7-17-9-3-1-2-4-10(9)18-11/h1-4,11H,5-7H2. The molecule has 0 N–H and O–H groups in total. The maximum Gasteiger partial charge on any atom is 0.389 e. The lowest BCUT2D eigenvalue weighted by atomic mass is 10.1. The second-order valence-electron chi connectivity index (χ2n) is 3.95. The molecule has 0 fully saturated rings. The van der Waals surface area contributed by atoms with Crippen LogP contribution in [-0.2, 0) is 4.79 Å². The molecule has 0 aromatic heterocycles. The Hall–Kier alpha value is -1.72. The van der Waals surface area contributed by atoms with Gasteiger partial charge in [0.15, 0.2) is 23.4 Å². The topological polar surface area (TPSA) is 35.5 Å². The number of ketones is 1. The number of rotatable bonds is 3. The first-order valence-corrected chi connectivity index (χ1v) is 5.44. The van der Waals surface area contributed by atoms with Crippen molar-refractivity contribution >= 4 is 5.78 Å². The molecule has 0 amide bonds. The van der Waals surface area contributed by atoms with Crippen molar-refractivity contribution in [3.05, 3.63) is 24.3 Å². The number of carbonyl (C=O) groups excluding carboxylic acids is 1. The fourth-order valence-corrected chi connectivity index (χ4v) is 1.60. The van der Waals surface area contributed by atoms with Gasteiger partial charge in [-0.3, -0.25) is 4.79 Å². The van der Waals surface area contributed by atoms with Gasteiger partial charge in [-0.15, -0.1) is 0 Å². The molecule has 1 atom stereocenters. The summed E-state index contributed by atoms with van der Waals surface area (Å²) in [5, 5.41) is 0. The van der Waals surface area contributed by atoms with Crippen molar-refractivity contribution in [3.8, 4) is 11.5 Å². The lowest BCUT2D eigenvalue weighted by molar-refractivity contribution is -0.147. The van der Waals surface area contributed by atoms with Crippen LogP contribution in [0.2, 0.25) is 0 Å². The van der Waals surface area contributed by atoms with Gasteiger partial charge in [-0.25, -0.2) is 0 Å². The molecule has 0 bridgehead atoms. The van der Waals surface area contributed by atoms with Gasteiger partial charge in [-0.1, -0.05) is 12.1 Å². The highest BCUT2D eigenvalue weighted by Gasteiger charge is 2.32. The fraction of sp³-hybridized carbons (Fsp3) is 0.417. The second-order valence-corrected chi connectivity index (χ2v) is 3.95. The van der Waals surface area contributed by atoms with E-state index in [0.29, 0.717) is 11.5 Å². The zero-order chi connectivity index (χ0) is 13.2. The molecule has 1 aromatic carbocycles. The van der Waals surface area contributed by atoms with E-state index in [1.54, 1.807) is 24.3 Å². The third-order valence-corrected chi connectivity index (χ3v) is 2.52. The van der Waals surface area contributed by atoms with Crippen LogP contribution in [0.4, 0.5) is 13.2 Å². The van der Waals surface area contributed by atoms with Gasteiger partial charge in [0.05, 0.1) is 6.42 Å². The zero-order valence-electron chi connectivity index (χ0n) is 9.37. The third-order valence-electron chi connectivity index (χ3n) is 2.52. The van der Waals surface area contributed by atoms with E-state index >= 15 is 0 Å². The number of para-hydroxylation sites is 2. The van der Waals surface area contributed by atoms with Crippen molar-refractivity contribution in [2.75, 3.05) is 6.61 Å². The number of alkyl halides is 3. The lowest BCUT2D eigenvalue weighted by Gasteiger charge is -2.25. The molecule has 1 aliphatic rings. The van der Waals surface area contributed by atoms with Crippen LogP contribution in [0, 0.1) is 0 Å². The predicted octanol–water partition coefficient (Wildman–Crippen LogP) is 2.74. The molecule has 2 rings (SSSR count). The molecule has 1 unspecified atom stereocenters. The van der Waals surface area contributed by atoms with Crippen LogP contribution in [0.1, 0.15) is 12.8 Å². The maximum atomic E-state index is 12.0. The minimum Gasteiger partial charge on any atom is -0.485 e. The van der Waals surface area contributed by atoms with Crippen molar-refractivity contribution in [3.63, 3.8) is 0 Å². The van der Waals surface area contributed by atoms with Gasteiger partial charge in [0, 0.05) is 6.42 Å². The molecule has 18 heavy (non-hydrogen) atoms. The van der Waals surface area contributed by atoms with Gasteiger partial charge in [0.25, 0.3) is 0 Å². The van der Waals surface area contributed by atoms with Crippen molar-refractivity contribution in [1.29, 1.82) is 0 Å². The maximum absolute atomic E-state index is 12.0. The Morgan fingerprint density at radius 2 is 1.94 bits per heavy atom. The van der Waals surface area contributed by atoms with Crippen molar-refractivity contribution in [2.24, 2.45) is 0 Å². The number of halogens is 3. The molecule has 0 radical (unpaired) electrons. The van der Waals surface area contributed by atoms with E-state index in [-0.39, 0.29) is 6.61 Å². The van der Waals surface area contributed by atoms with Crippen LogP contribution in [0.3, 0.4) is 0 Å². The number of carbonyl (C=O) groups is 1. The largest absolute Gasteiger partial charge is 0.485 e. The summed E-state index contributed by atoms with van der Waals surface area (Å²) in [5.41, 5.74) is 0. The first kappa shape index (κ1) is 12.7. The number of hydrogen-bond acceptors (Lipinski definition) is 3. The number of fused-ring (bicyclic) bond motifs is 1. The summed E-state index contributed by atoms with van der Waals surface area (Å²) in [4.78, 5) is 11.5. The average molecular weight is 260 g/mol. The highest BCUT2D eigenvalue weighted by Crippen LogP contribution is 2.31. The Balaban J connectivity index is 1.95. The first-order chi connectivity index (χ1) is 8.46. The van der Waals surface area contributed by atoms with Crippen molar-refractivity contribution in [2.45, 2.75) is 25.1 Å². The van der Waals surface area contributed by atoms with Crippen LogP contribution < -0.4 is 9.47 Å². The Bertz CT molecular complexity index is 442. The molecular weight excluding hydrogens is 249 g/mol. The van der Waals surface area contributed by atoms with Crippen LogP contribution in [0.15, 0.2) is 24.3 Å². The van der Waals surface area contributed by atoms with E-state index < -0.39 is 30.9 Å². The SMILES string of the molecule is O=C(CCC(F)(F)F)C1COc2ccccc2O1. The molecule has 3 nitrogen and oxygen atoms in total. The van der Waals surface area contributed by atoms with E-state index in [2.05, 4.69) is 0 Å². The highest BCUT2D eigenvalue weighted by molar-refractivity contribution is 5.84. The van der Waals surface area contributed by atoms with Gasteiger partial charge in [-0.05, 0) is 12.1 Å². The average Bonchev–Trinajstić information content (AvgIpc) is 2.34. The van der Waals surface area contributed by atoms with Gasteiger partial charge in [-0.2, -0.15) is 13.2 Å². The lowest BCUT2D eigenvalue weighted by Crippen LogP contribution is -2.37. The molecular formula is C12H11F3O3. The van der Waals surface area contributed by atoms with Crippen molar-refractivity contribution < 1.29 is 27.4 Å². The van der Waals surface area contributed by atoms with Crippen molar-refractivity contribution in [1.82, 2.24) is 0 Å². The Labute approximate surface area is 102 Å². The summed E-state index contributed by atoms with van der Waals surface area (Å²) in [6.45, 7) is -0.0479. The minimum atomic E-state index is -4.33. The van der Waals surface area contributed by atoms with Gasteiger partial charge in [0.1, 0.15) is 6.61 Å². The number of ether oxygens (including phenoxy) is 2. The van der Waals surface area contributed by atoms with E-state index in [1.165, 1.54) is 0 Å². The summed E-state index contributed by atoms with van der Waals surface area (Å²) in [7, 11) is 0. The summed E-state index contributed by atoms with van der Waals surface area (Å²) in [6, 6.07) is 6.73. The first-order valence-electron chi connectivity index (χ1n) is 5.44. The molecule has 1 heterocycles. The molecule has 1 aliphatic heterocycles. The molecule has 0 spiro atoms. The van der Waals surface area contributed by atoms with Crippen LogP contribution in [0.5, 0.6) is 11.5 Å². The van der Waals surface area contributed by atoms with Gasteiger partial charge >= 0.3 is 6.18 Å². The monoisotopic (exact) mass is 260 g/mol. The Morgan fingerprint density at radius 3 is 2.61 bits per heavy atom. The van der Waals surface area contributed by atoms with Gasteiger partial charge in [0.2, 0.25) is 0 Å². The van der Waals surface area contributed by atoms with E-state index in [9.17, 15) is 18.0 Å². The van der Waals surface area contributed by atoms with E-state index in [1.807, 2.05) is 0 Å². The quantitative estimate of drug-likeness (QED) is 0.838. The smallest absolute Gasteiger partial charge is 0.389 e.